The van der Waals surface area contributed by atoms with Crippen LogP contribution < -0.4 is 11.1 Å². The summed E-state index contributed by atoms with van der Waals surface area (Å²) >= 11 is 0. The molecule has 1 aromatic rings. The maximum atomic E-state index is 11.5. The molecule has 0 heterocycles. The average Bonchev–Trinajstić information content (AvgIpc) is 2.23. The Morgan fingerprint density at radius 1 is 1.35 bits per heavy atom. The van der Waals surface area contributed by atoms with Crippen LogP contribution in [0.3, 0.4) is 0 Å². The maximum Gasteiger partial charge on any atom is 0.244 e. The summed E-state index contributed by atoms with van der Waals surface area (Å²) in [5.41, 5.74) is 10.9. The standard InChI is InChI=1S/C14H20N2O/c1-9(2)7-14(17)16-8-12-10(3)5-6-13(15)11(12)4/h5-7H,8,15H2,1-4H3,(H,16,17). The van der Waals surface area contributed by atoms with Crippen LogP contribution in [-0.4, -0.2) is 5.91 Å². The predicted molar refractivity (Wildman–Crippen MR) is 71.6 cm³/mol. The number of carbonyl (C=O) groups excluding carboxylic acids is 1. The number of hydrogen-bond acceptors (Lipinski definition) is 2. The van der Waals surface area contributed by atoms with E-state index in [4.69, 9.17) is 5.73 Å². The van der Waals surface area contributed by atoms with E-state index in [2.05, 4.69) is 5.32 Å². The van der Waals surface area contributed by atoms with Gasteiger partial charge in [0.25, 0.3) is 0 Å². The summed E-state index contributed by atoms with van der Waals surface area (Å²) in [7, 11) is 0. The fourth-order valence-corrected chi connectivity index (χ4v) is 1.67. The lowest BCUT2D eigenvalue weighted by molar-refractivity contribution is -0.116. The molecule has 3 heteroatoms. The number of nitrogens with one attached hydrogen (secondary N) is 1. The molecule has 1 amide bonds. The van der Waals surface area contributed by atoms with E-state index in [1.165, 1.54) is 0 Å². The summed E-state index contributed by atoms with van der Waals surface area (Å²) in [5.74, 6) is -0.0637. The lowest BCUT2D eigenvalue weighted by atomic mass is 10.0. The van der Waals surface area contributed by atoms with Crippen LogP contribution in [0, 0.1) is 13.8 Å². The Kier molecular flexibility index (Phi) is 4.32. The van der Waals surface area contributed by atoms with E-state index >= 15 is 0 Å². The fourth-order valence-electron chi connectivity index (χ4n) is 1.67. The minimum Gasteiger partial charge on any atom is -0.399 e. The zero-order valence-electron chi connectivity index (χ0n) is 10.9. The van der Waals surface area contributed by atoms with Gasteiger partial charge in [0.1, 0.15) is 0 Å². The first-order chi connectivity index (χ1) is 7.91. The SMILES string of the molecule is CC(C)=CC(=O)NCc1c(C)ccc(N)c1C. The second-order valence-electron chi connectivity index (χ2n) is 4.51. The molecule has 0 aliphatic rings. The molecule has 92 valence electrons. The van der Waals surface area contributed by atoms with Crippen molar-refractivity contribution in [3.63, 3.8) is 0 Å². The Balaban J connectivity index is 2.80. The first kappa shape index (κ1) is 13.3. The van der Waals surface area contributed by atoms with Gasteiger partial charge in [0.05, 0.1) is 0 Å². The molecule has 1 aromatic carbocycles. The van der Waals surface area contributed by atoms with Crippen LogP contribution in [-0.2, 0) is 11.3 Å². The zero-order valence-corrected chi connectivity index (χ0v) is 10.9. The van der Waals surface area contributed by atoms with Gasteiger partial charge >= 0.3 is 0 Å². The van der Waals surface area contributed by atoms with Crippen molar-refractivity contribution < 1.29 is 4.79 Å². The predicted octanol–water partition coefficient (Wildman–Crippen LogP) is 2.47. The van der Waals surface area contributed by atoms with E-state index < -0.39 is 0 Å². The Labute approximate surface area is 103 Å². The van der Waals surface area contributed by atoms with Crippen LogP contribution in [0.4, 0.5) is 5.69 Å². The summed E-state index contributed by atoms with van der Waals surface area (Å²) in [5, 5.41) is 2.87. The largest absolute Gasteiger partial charge is 0.399 e. The van der Waals surface area contributed by atoms with E-state index in [0.717, 1.165) is 28.0 Å². The fraction of sp³-hybridized carbons (Fsp3) is 0.357. The Morgan fingerprint density at radius 2 is 2.00 bits per heavy atom. The van der Waals surface area contributed by atoms with Crippen molar-refractivity contribution in [1.29, 1.82) is 0 Å². The van der Waals surface area contributed by atoms with Crippen molar-refractivity contribution in [1.82, 2.24) is 5.32 Å². The van der Waals surface area contributed by atoms with Gasteiger partial charge in [0.2, 0.25) is 5.91 Å². The summed E-state index contributed by atoms with van der Waals surface area (Å²) < 4.78 is 0. The molecule has 17 heavy (non-hydrogen) atoms. The molecular weight excluding hydrogens is 212 g/mol. The molecule has 0 unspecified atom stereocenters. The number of hydrogen-bond donors (Lipinski definition) is 2. The summed E-state index contributed by atoms with van der Waals surface area (Å²) in [6, 6.07) is 3.87. The van der Waals surface area contributed by atoms with E-state index in [0.29, 0.717) is 6.54 Å². The first-order valence-electron chi connectivity index (χ1n) is 5.69. The highest BCUT2D eigenvalue weighted by Gasteiger charge is 2.06. The summed E-state index contributed by atoms with van der Waals surface area (Å²) in [6.45, 7) is 8.32. The molecule has 0 saturated carbocycles. The molecule has 3 nitrogen and oxygen atoms in total. The van der Waals surface area contributed by atoms with Gasteiger partial charge in [-0.1, -0.05) is 11.6 Å². The van der Waals surface area contributed by atoms with E-state index in [-0.39, 0.29) is 5.91 Å². The smallest absolute Gasteiger partial charge is 0.244 e. The third-order valence-electron chi connectivity index (χ3n) is 2.73. The molecule has 0 spiro atoms. The van der Waals surface area contributed by atoms with Gasteiger partial charge in [-0.2, -0.15) is 0 Å². The third kappa shape index (κ3) is 3.63. The average molecular weight is 232 g/mol. The van der Waals surface area contributed by atoms with Crippen LogP contribution >= 0.6 is 0 Å². The highest BCUT2D eigenvalue weighted by molar-refractivity contribution is 5.88. The van der Waals surface area contributed by atoms with Crippen molar-refractivity contribution >= 4 is 11.6 Å². The third-order valence-corrected chi connectivity index (χ3v) is 2.73. The number of carbonyl (C=O) groups is 1. The molecule has 0 bridgehead atoms. The lowest BCUT2D eigenvalue weighted by Gasteiger charge is -2.12. The number of nitrogens with two attached hydrogens (primary N) is 1. The second-order valence-corrected chi connectivity index (χ2v) is 4.51. The van der Waals surface area contributed by atoms with Crippen LogP contribution in [0.15, 0.2) is 23.8 Å². The molecular formula is C14H20N2O. The zero-order chi connectivity index (χ0) is 13.0. The van der Waals surface area contributed by atoms with Crippen molar-refractivity contribution in [2.75, 3.05) is 5.73 Å². The number of benzene rings is 1. The van der Waals surface area contributed by atoms with Crippen molar-refractivity contribution in [3.05, 3.63) is 40.5 Å². The van der Waals surface area contributed by atoms with Crippen molar-refractivity contribution in [2.24, 2.45) is 0 Å². The van der Waals surface area contributed by atoms with E-state index in [1.807, 2.05) is 39.8 Å². The first-order valence-corrected chi connectivity index (χ1v) is 5.69. The highest BCUT2D eigenvalue weighted by Crippen LogP contribution is 2.19. The quantitative estimate of drug-likeness (QED) is 0.621. The number of rotatable bonds is 3. The van der Waals surface area contributed by atoms with Gasteiger partial charge < -0.3 is 11.1 Å². The van der Waals surface area contributed by atoms with Crippen LogP contribution in [0.25, 0.3) is 0 Å². The molecule has 1 rings (SSSR count). The number of nitrogen functional groups attached to an aromatic ring is 1. The number of anilines is 1. The minimum absolute atomic E-state index is 0.0637. The van der Waals surface area contributed by atoms with Crippen molar-refractivity contribution in [2.45, 2.75) is 34.2 Å². The number of allylic oxidation sites excluding steroid dienone is 1. The molecule has 3 N–H and O–H groups in total. The van der Waals surface area contributed by atoms with Gasteiger partial charge in [-0.25, -0.2) is 0 Å². The highest BCUT2D eigenvalue weighted by atomic mass is 16.1. The van der Waals surface area contributed by atoms with Gasteiger partial charge in [-0.3, -0.25) is 4.79 Å². The van der Waals surface area contributed by atoms with Gasteiger partial charge in [-0.15, -0.1) is 0 Å². The molecule has 0 aromatic heterocycles. The normalized spacial score (nSPS) is 9.88. The number of amides is 1. The van der Waals surface area contributed by atoms with Gasteiger partial charge in [0, 0.05) is 18.3 Å². The minimum atomic E-state index is -0.0637. The van der Waals surface area contributed by atoms with Gasteiger partial charge in [0.15, 0.2) is 0 Å². The van der Waals surface area contributed by atoms with Gasteiger partial charge in [-0.05, 0) is 50.5 Å². The van der Waals surface area contributed by atoms with E-state index in [9.17, 15) is 4.79 Å². The Hall–Kier alpha value is -1.77. The topological polar surface area (TPSA) is 55.1 Å². The molecule has 0 atom stereocenters. The Morgan fingerprint density at radius 3 is 2.59 bits per heavy atom. The summed E-state index contributed by atoms with van der Waals surface area (Å²) in [6.07, 6.45) is 1.59. The molecule has 0 aliphatic carbocycles. The van der Waals surface area contributed by atoms with Crippen molar-refractivity contribution in [3.8, 4) is 0 Å². The molecule has 0 saturated heterocycles. The lowest BCUT2D eigenvalue weighted by Crippen LogP contribution is -2.22. The van der Waals surface area contributed by atoms with Crippen LogP contribution in [0.2, 0.25) is 0 Å². The molecule has 0 radical (unpaired) electrons. The Bertz CT molecular complexity index is 458. The number of aryl methyl sites for hydroxylation is 1. The maximum absolute atomic E-state index is 11.5. The summed E-state index contributed by atoms with van der Waals surface area (Å²) in [4.78, 5) is 11.5. The molecule has 0 aliphatic heterocycles. The monoisotopic (exact) mass is 232 g/mol. The molecule has 0 fully saturated rings. The second kappa shape index (κ2) is 5.53. The van der Waals surface area contributed by atoms with E-state index in [1.54, 1.807) is 6.08 Å². The van der Waals surface area contributed by atoms with Crippen LogP contribution in [0.1, 0.15) is 30.5 Å². The van der Waals surface area contributed by atoms with Crippen LogP contribution in [0.5, 0.6) is 0 Å².